The molecule has 0 saturated heterocycles. The monoisotopic (exact) mass is 304 g/mol. The number of amides is 1. The van der Waals surface area contributed by atoms with Crippen molar-refractivity contribution in [3.05, 3.63) is 18.2 Å². The van der Waals surface area contributed by atoms with Gasteiger partial charge in [-0.25, -0.2) is 0 Å². The molecule has 0 bridgehead atoms. The number of rotatable bonds is 5. The van der Waals surface area contributed by atoms with E-state index in [4.69, 9.17) is 9.47 Å². The summed E-state index contributed by atoms with van der Waals surface area (Å²) in [6.07, 6.45) is 2.82. The predicted octanol–water partition coefficient (Wildman–Crippen LogP) is 2.80. The molecule has 0 atom stereocenters. The van der Waals surface area contributed by atoms with E-state index in [0.29, 0.717) is 25.6 Å². The lowest BCUT2D eigenvalue weighted by Crippen LogP contribution is -2.49. The van der Waals surface area contributed by atoms with E-state index in [0.717, 1.165) is 17.1 Å². The first kappa shape index (κ1) is 15.2. The second-order valence-corrected chi connectivity index (χ2v) is 6.69. The highest BCUT2D eigenvalue weighted by atomic mass is 16.5. The van der Waals surface area contributed by atoms with E-state index in [1.807, 2.05) is 36.9 Å². The fourth-order valence-corrected chi connectivity index (χ4v) is 2.71. The fraction of sp³-hybridized carbons (Fsp3) is 0.588. The van der Waals surface area contributed by atoms with Gasteiger partial charge in [0.1, 0.15) is 11.4 Å². The van der Waals surface area contributed by atoms with E-state index in [9.17, 15) is 4.79 Å². The van der Waals surface area contributed by atoms with Crippen molar-refractivity contribution in [1.82, 2.24) is 0 Å². The van der Waals surface area contributed by atoms with Crippen LogP contribution in [0.5, 0.6) is 5.75 Å². The molecule has 1 aromatic rings. The number of ether oxygens (including phenoxy) is 2. The lowest BCUT2D eigenvalue weighted by atomic mass is 10.0. The summed E-state index contributed by atoms with van der Waals surface area (Å²) >= 11 is 0. The zero-order valence-electron chi connectivity index (χ0n) is 13.5. The smallest absolute Gasteiger partial charge is 0.229 e. The Bertz CT molecular complexity index is 567. The normalized spacial score (nSPS) is 19.3. The molecule has 3 rings (SSSR count). The number of anilines is 2. The van der Waals surface area contributed by atoms with Gasteiger partial charge in [0.2, 0.25) is 5.91 Å². The minimum absolute atomic E-state index is 0.0723. The minimum atomic E-state index is -0.388. The van der Waals surface area contributed by atoms with Gasteiger partial charge in [0.15, 0.2) is 0 Å². The van der Waals surface area contributed by atoms with E-state index >= 15 is 0 Å². The number of hydrogen-bond acceptors (Lipinski definition) is 4. The maximum atomic E-state index is 12.5. The van der Waals surface area contributed by atoms with Crippen molar-refractivity contribution in [3.63, 3.8) is 0 Å². The number of carbonyl (C=O) groups excluding carboxylic acids is 1. The molecular formula is C17H24N2O3. The summed E-state index contributed by atoms with van der Waals surface area (Å²) in [6.45, 7) is 4.99. The van der Waals surface area contributed by atoms with Gasteiger partial charge >= 0.3 is 0 Å². The summed E-state index contributed by atoms with van der Waals surface area (Å²) in [5, 5.41) is 3.47. The predicted molar refractivity (Wildman–Crippen MR) is 86.6 cm³/mol. The summed E-state index contributed by atoms with van der Waals surface area (Å²) in [5.41, 5.74) is 1.52. The molecule has 2 aliphatic rings. The summed E-state index contributed by atoms with van der Waals surface area (Å²) in [7, 11) is 1.61. The van der Waals surface area contributed by atoms with Gasteiger partial charge in [0, 0.05) is 18.8 Å². The molecule has 22 heavy (non-hydrogen) atoms. The molecule has 0 unspecified atom stereocenters. The Morgan fingerprint density at radius 1 is 1.45 bits per heavy atom. The van der Waals surface area contributed by atoms with Crippen molar-refractivity contribution in [3.8, 4) is 5.75 Å². The molecular weight excluding hydrogens is 280 g/mol. The van der Waals surface area contributed by atoms with Crippen LogP contribution < -0.4 is 15.0 Å². The van der Waals surface area contributed by atoms with Gasteiger partial charge in [-0.2, -0.15) is 0 Å². The maximum Gasteiger partial charge on any atom is 0.229 e. The van der Waals surface area contributed by atoms with Crippen molar-refractivity contribution in [2.24, 2.45) is 0 Å². The van der Waals surface area contributed by atoms with Crippen LogP contribution in [0.1, 0.15) is 33.1 Å². The molecule has 1 amide bonds. The Morgan fingerprint density at radius 2 is 2.23 bits per heavy atom. The molecule has 5 heteroatoms. The van der Waals surface area contributed by atoms with Crippen LogP contribution in [0.3, 0.4) is 0 Å². The molecule has 0 aromatic heterocycles. The number of carbonyl (C=O) groups is 1. The van der Waals surface area contributed by atoms with Gasteiger partial charge in [-0.3, -0.25) is 4.79 Å². The number of benzene rings is 1. The first-order valence-corrected chi connectivity index (χ1v) is 7.87. The van der Waals surface area contributed by atoms with Crippen LogP contribution >= 0.6 is 0 Å². The van der Waals surface area contributed by atoms with E-state index in [-0.39, 0.29) is 11.5 Å². The molecule has 5 nitrogen and oxygen atoms in total. The molecule has 1 aliphatic carbocycles. The summed E-state index contributed by atoms with van der Waals surface area (Å²) in [4.78, 5) is 14.4. The highest BCUT2D eigenvalue weighted by Crippen LogP contribution is 2.40. The highest BCUT2D eigenvalue weighted by Gasteiger charge is 2.35. The van der Waals surface area contributed by atoms with Crippen LogP contribution in [0.15, 0.2) is 18.2 Å². The van der Waals surface area contributed by atoms with E-state index in [1.54, 1.807) is 7.11 Å². The fourth-order valence-electron chi connectivity index (χ4n) is 2.71. The summed E-state index contributed by atoms with van der Waals surface area (Å²) in [6, 6.07) is 6.58. The molecule has 1 heterocycles. The Hall–Kier alpha value is -1.75. The second-order valence-electron chi connectivity index (χ2n) is 6.69. The van der Waals surface area contributed by atoms with Gasteiger partial charge in [-0.05, 0) is 44.9 Å². The highest BCUT2D eigenvalue weighted by molar-refractivity contribution is 5.96. The van der Waals surface area contributed by atoms with Gasteiger partial charge < -0.3 is 19.7 Å². The molecule has 1 N–H and O–H groups in total. The summed E-state index contributed by atoms with van der Waals surface area (Å²) in [5.74, 6) is 0.839. The molecule has 1 saturated carbocycles. The van der Waals surface area contributed by atoms with Crippen LogP contribution in [-0.4, -0.2) is 37.8 Å². The number of fused-ring (bicyclic) bond motifs is 1. The maximum absolute atomic E-state index is 12.5. The zero-order valence-corrected chi connectivity index (χ0v) is 13.5. The molecule has 0 radical (unpaired) electrons. The van der Waals surface area contributed by atoms with Crippen LogP contribution in [0.4, 0.5) is 11.4 Å². The van der Waals surface area contributed by atoms with Crippen LogP contribution in [0.25, 0.3) is 0 Å². The van der Waals surface area contributed by atoms with Crippen molar-refractivity contribution in [1.29, 1.82) is 0 Å². The van der Waals surface area contributed by atoms with Crippen LogP contribution in [0.2, 0.25) is 0 Å². The Morgan fingerprint density at radius 3 is 2.91 bits per heavy atom. The van der Waals surface area contributed by atoms with Gasteiger partial charge in [0.05, 0.1) is 25.3 Å². The zero-order chi connectivity index (χ0) is 15.7. The molecule has 0 spiro atoms. The van der Waals surface area contributed by atoms with Crippen molar-refractivity contribution < 1.29 is 14.3 Å². The largest absolute Gasteiger partial charge is 0.484 e. The van der Waals surface area contributed by atoms with E-state index < -0.39 is 0 Å². The number of nitrogens with one attached hydrogen (secondary N) is 1. The third-order valence-electron chi connectivity index (χ3n) is 3.94. The SMILES string of the molecule is COCCC(=O)N1CC(C)(C)Oc2ccc(NC3CC3)cc21. The number of methoxy groups -OCH3 is 1. The average molecular weight is 304 g/mol. The Labute approximate surface area is 131 Å². The quantitative estimate of drug-likeness (QED) is 0.909. The standard InChI is InChI=1S/C17H24N2O3/c1-17(2)11-19(16(20)8-9-21-3)14-10-13(18-12-4-5-12)6-7-15(14)22-17/h6-7,10,12,18H,4-5,8-9,11H2,1-3H3. The minimum Gasteiger partial charge on any atom is -0.484 e. The summed E-state index contributed by atoms with van der Waals surface area (Å²) < 4.78 is 11.1. The van der Waals surface area contributed by atoms with Crippen LogP contribution in [-0.2, 0) is 9.53 Å². The molecule has 1 aromatic carbocycles. The van der Waals surface area contributed by atoms with Gasteiger partial charge in [0.25, 0.3) is 0 Å². The van der Waals surface area contributed by atoms with Crippen LogP contribution in [0, 0.1) is 0 Å². The topological polar surface area (TPSA) is 50.8 Å². The molecule has 1 fully saturated rings. The Balaban J connectivity index is 1.87. The van der Waals surface area contributed by atoms with E-state index in [2.05, 4.69) is 5.32 Å². The van der Waals surface area contributed by atoms with Crippen molar-refractivity contribution in [2.45, 2.75) is 44.8 Å². The Kier molecular flexibility index (Phi) is 4.00. The number of nitrogens with zero attached hydrogens (tertiary/aromatic N) is 1. The second kappa shape index (κ2) is 5.80. The number of hydrogen-bond donors (Lipinski definition) is 1. The van der Waals surface area contributed by atoms with Crippen molar-refractivity contribution in [2.75, 3.05) is 30.5 Å². The first-order chi connectivity index (χ1) is 10.5. The first-order valence-electron chi connectivity index (χ1n) is 7.87. The van der Waals surface area contributed by atoms with Crippen molar-refractivity contribution >= 4 is 17.3 Å². The van der Waals surface area contributed by atoms with Gasteiger partial charge in [-0.1, -0.05) is 0 Å². The average Bonchev–Trinajstić information content (AvgIpc) is 3.27. The lowest BCUT2D eigenvalue weighted by Gasteiger charge is -2.40. The van der Waals surface area contributed by atoms with Gasteiger partial charge in [-0.15, -0.1) is 0 Å². The lowest BCUT2D eigenvalue weighted by molar-refractivity contribution is -0.120. The third kappa shape index (κ3) is 3.35. The van der Waals surface area contributed by atoms with E-state index in [1.165, 1.54) is 12.8 Å². The third-order valence-corrected chi connectivity index (χ3v) is 3.94. The molecule has 120 valence electrons. The molecule has 1 aliphatic heterocycles.